The van der Waals surface area contributed by atoms with Gasteiger partial charge < -0.3 is 10.1 Å². The number of sulfonamides is 1. The van der Waals surface area contributed by atoms with Crippen molar-refractivity contribution in [3.05, 3.63) is 29.8 Å². The average Bonchev–Trinajstić information content (AvgIpc) is 2.61. The molecule has 0 radical (unpaired) electrons. The number of benzene rings is 1. The Bertz CT molecular complexity index is 746. The second-order valence-electron chi connectivity index (χ2n) is 8.53. The fraction of sp³-hybridized carbons (Fsp3) is 0.667. The lowest BCUT2D eigenvalue weighted by Gasteiger charge is -2.32. The van der Waals surface area contributed by atoms with Gasteiger partial charge in [-0.1, -0.05) is 39.8 Å². The molecule has 1 unspecified atom stereocenters. The highest BCUT2D eigenvalue weighted by Crippen LogP contribution is 2.24. The van der Waals surface area contributed by atoms with E-state index in [4.69, 9.17) is 4.74 Å². The highest BCUT2D eigenvalue weighted by molar-refractivity contribution is 7.89. The lowest BCUT2D eigenvalue weighted by atomic mass is 9.87. The standard InChI is InChI=1S/C21H34N2O4S/c1-6-15-28(25,26)23-13-11-18(12-14-23)22-20(24)16(2)27-19-9-7-17(8-10-19)21(3,4)5/h7-10,16,18H,6,11-15H2,1-5H3,(H,22,24). The Morgan fingerprint density at radius 2 is 1.79 bits per heavy atom. The van der Waals surface area contributed by atoms with Crippen molar-refractivity contribution in [1.29, 1.82) is 0 Å². The van der Waals surface area contributed by atoms with Crippen molar-refractivity contribution in [3.8, 4) is 5.75 Å². The van der Waals surface area contributed by atoms with Crippen LogP contribution in [0.5, 0.6) is 5.75 Å². The lowest BCUT2D eigenvalue weighted by molar-refractivity contribution is -0.128. The van der Waals surface area contributed by atoms with Gasteiger partial charge in [0.25, 0.3) is 5.91 Å². The molecule has 158 valence electrons. The highest BCUT2D eigenvalue weighted by Gasteiger charge is 2.29. The lowest BCUT2D eigenvalue weighted by Crippen LogP contribution is -2.49. The summed E-state index contributed by atoms with van der Waals surface area (Å²) in [6, 6.07) is 7.80. The third-order valence-corrected chi connectivity index (χ3v) is 7.13. The quantitative estimate of drug-likeness (QED) is 0.750. The van der Waals surface area contributed by atoms with Gasteiger partial charge in [0, 0.05) is 19.1 Å². The fourth-order valence-electron chi connectivity index (χ4n) is 3.28. The topological polar surface area (TPSA) is 75.7 Å². The number of carbonyl (C=O) groups is 1. The number of nitrogens with zero attached hydrogens (tertiary/aromatic N) is 1. The van der Waals surface area contributed by atoms with Crippen molar-refractivity contribution in [1.82, 2.24) is 9.62 Å². The van der Waals surface area contributed by atoms with Crippen LogP contribution < -0.4 is 10.1 Å². The molecule has 1 fully saturated rings. The first kappa shape index (κ1) is 22.7. The predicted molar refractivity (Wildman–Crippen MR) is 112 cm³/mol. The number of rotatable bonds is 7. The summed E-state index contributed by atoms with van der Waals surface area (Å²) in [4.78, 5) is 12.5. The molecule has 6 nitrogen and oxygen atoms in total. The smallest absolute Gasteiger partial charge is 0.260 e. The summed E-state index contributed by atoms with van der Waals surface area (Å²) in [7, 11) is -3.16. The van der Waals surface area contributed by atoms with E-state index in [2.05, 4.69) is 26.1 Å². The summed E-state index contributed by atoms with van der Waals surface area (Å²) in [5, 5.41) is 2.99. The van der Waals surface area contributed by atoms with Crippen LogP contribution in [0.15, 0.2) is 24.3 Å². The van der Waals surface area contributed by atoms with E-state index in [1.807, 2.05) is 31.2 Å². The van der Waals surface area contributed by atoms with E-state index < -0.39 is 16.1 Å². The minimum atomic E-state index is -3.16. The summed E-state index contributed by atoms with van der Waals surface area (Å²) in [6.07, 6.45) is 1.26. The Kier molecular flexibility index (Phi) is 7.51. The molecule has 0 saturated carbocycles. The van der Waals surface area contributed by atoms with Crippen molar-refractivity contribution in [3.63, 3.8) is 0 Å². The van der Waals surface area contributed by atoms with Crippen LogP contribution in [0.1, 0.15) is 59.4 Å². The second kappa shape index (κ2) is 9.27. The number of hydrogen-bond donors (Lipinski definition) is 1. The van der Waals surface area contributed by atoms with Crippen LogP contribution in [0.4, 0.5) is 0 Å². The maximum Gasteiger partial charge on any atom is 0.260 e. The van der Waals surface area contributed by atoms with E-state index in [0.29, 0.717) is 38.1 Å². The molecule has 28 heavy (non-hydrogen) atoms. The molecule has 1 atom stereocenters. The van der Waals surface area contributed by atoms with Crippen LogP contribution in [0.25, 0.3) is 0 Å². The van der Waals surface area contributed by atoms with Gasteiger partial charge in [-0.05, 0) is 49.3 Å². The van der Waals surface area contributed by atoms with Crippen LogP contribution in [-0.2, 0) is 20.2 Å². The van der Waals surface area contributed by atoms with Crippen molar-refractivity contribution in [2.45, 2.75) is 71.4 Å². The van der Waals surface area contributed by atoms with Gasteiger partial charge in [-0.25, -0.2) is 12.7 Å². The average molecular weight is 411 g/mol. The largest absolute Gasteiger partial charge is 0.481 e. The number of ether oxygens (including phenoxy) is 1. The van der Waals surface area contributed by atoms with Crippen LogP contribution in [0.3, 0.4) is 0 Å². The van der Waals surface area contributed by atoms with Crippen molar-refractivity contribution in [2.75, 3.05) is 18.8 Å². The Hall–Kier alpha value is -1.60. The third-order valence-electron chi connectivity index (χ3n) is 5.06. The van der Waals surface area contributed by atoms with Gasteiger partial charge >= 0.3 is 0 Å². The molecule has 1 aliphatic heterocycles. The summed E-state index contributed by atoms with van der Waals surface area (Å²) >= 11 is 0. The maximum atomic E-state index is 12.5. The number of carbonyl (C=O) groups excluding carboxylic acids is 1. The summed E-state index contributed by atoms with van der Waals surface area (Å²) in [6.45, 7) is 11.0. The molecule has 1 amide bonds. The normalized spacial score (nSPS) is 17.9. The first-order valence-electron chi connectivity index (χ1n) is 10.1. The molecular weight excluding hydrogens is 376 g/mol. The zero-order valence-corrected chi connectivity index (χ0v) is 18.5. The number of nitrogens with one attached hydrogen (secondary N) is 1. The van der Waals surface area contributed by atoms with Gasteiger partial charge in [0.1, 0.15) is 5.75 Å². The predicted octanol–water partition coefficient (Wildman–Crippen LogP) is 3.07. The SMILES string of the molecule is CCCS(=O)(=O)N1CCC(NC(=O)C(C)Oc2ccc(C(C)(C)C)cc2)CC1. The molecule has 1 aliphatic rings. The molecule has 7 heteroatoms. The molecule has 1 heterocycles. The molecule has 0 bridgehead atoms. The van der Waals surface area contributed by atoms with E-state index in [-0.39, 0.29) is 23.1 Å². The van der Waals surface area contributed by atoms with Crippen LogP contribution in [0.2, 0.25) is 0 Å². The van der Waals surface area contributed by atoms with Gasteiger partial charge in [-0.15, -0.1) is 0 Å². The van der Waals surface area contributed by atoms with E-state index in [1.54, 1.807) is 6.92 Å². The number of hydrogen-bond acceptors (Lipinski definition) is 4. The fourth-order valence-corrected chi connectivity index (χ4v) is 4.82. The van der Waals surface area contributed by atoms with Crippen LogP contribution >= 0.6 is 0 Å². The van der Waals surface area contributed by atoms with Crippen molar-refractivity contribution < 1.29 is 17.9 Å². The maximum absolute atomic E-state index is 12.5. The molecule has 0 aromatic heterocycles. The molecule has 1 saturated heterocycles. The van der Waals surface area contributed by atoms with Gasteiger partial charge in [0.15, 0.2) is 6.10 Å². The molecule has 1 aromatic rings. The zero-order valence-electron chi connectivity index (χ0n) is 17.7. The van der Waals surface area contributed by atoms with Crippen LogP contribution in [0, 0.1) is 0 Å². The van der Waals surface area contributed by atoms with E-state index >= 15 is 0 Å². The molecule has 1 aromatic carbocycles. The number of piperidine rings is 1. The second-order valence-corrected chi connectivity index (χ2v) is 10.6. The van der Waals surface area contributed by atoms with Crippen molar-refractivity contribution >= 4 is 15.9 Å². The van der Waals surface area contributed by atoms with Gasteiger partial charge in [0.2, 0.25) is 10.0 Å². The van der Waals surface area contributed by atoms with Crippen LogP contribution in [-0.4, -0.2) is 49.6 Å². The minimum Gasteiger partial charge on any atom is -0.481 e. The number of amides is 1. The Morgan fingerprint density at radius 1 is 1.21 bits per heavy atom. The first-order valence-corrected chi connectivity index (χ1v) is 11.7. The Labute approximate surface area is 169 Å². The minimum absolute atomic E-state index is 0.0186. The molecule has 1 N–H and O–H groups in total. The zero-order chi connectivity index (χ0) is 20.9. The molecule has 0 aliphatic carbocycles. The molecule has 0 spiro atoms. The van der Waals surface area contributed by atoms with Crippen molar-refractivity contribution in [2.24, 2.45) is 0 Å². The van der Waals surface area contributed by atoms with Gasteiger partial charge in [0.05, 0.1) is 5.75 Å². The molecule has 2 rings (SSSR count). The monoisotopic (exact) mass is 410 g/mol. The summed E-state index contributed by atoms with van der Waals surface area (Å²) in [5.74, 6) is 0.675. The van der Waals surface area contributed by atoms with E-state index in [1.165, 1.54) is 9.87 Å². The summed E-state index contributed by atoms with van der Waals surface area (Å²) < 4.78 is 31.6. The third kappa shape index (κ3) is 6.21. The van der Waals surface area contributed by atoms with E-state index in [0.717, 1.165) is 0 Å². The van der Waals surface area contributed by atoms with Gasteiger partial charge in [-0.3, -0.25) is 4.79 Å². The highest BCUT2D eigenvalue weighted by atomic mass is 32.2. The summed E-state index contributed by atoms with van der Waals surface area (Å²) in [5.41, 5.74) is 1.28. The Balaban J connectivity index is 1.83. The Morgan fingerprint density at radius 3 is 2.29 bits per heavy atom. The first-order chi connectivity index (χ1) is 13.0. The molecular formula is C21H34N2O4S. The van der Waals surface area contributed by atoms with Gasteiger partial charge in [-0.2, -0.15) is 0 Å². The van der Waals surface area contributed by atoms with E-state index in [9.17, 15) is 13.2 Å².